The number of methoxy groups -OCH3 is 1. The van der Waals surface area contributed by atoms with Gasteiger partial charge in [-0.1, -0.05) is 95.2 Å². The van der Waals surface area contributed by atoms with Crippen LogP contribution in [0.3, 0.4) is 0 Å². The van der Waals surface area contributed by atoms with E-state index in [0.29, 0.717) is 18.6 Å². The van der Waals surface area contributed by atoms with E-state index in [1.807, 2.05) is 54.5 Å². The average Bonchev–Trinajstić information content (AvgIpc) is 1.03. The van der Waals surface area contributed by atoms with Crippen LogP contribution in [0, 0.1) is 35.5 Å². The number of nitrogens with zero attached hydrogens (tertiary/aromatic N) is 8. The molecule has 2 rings (SSSR count). The highest BCUT2D eigenvalue weighted by atomic mass is 32.2. The van der Waals surface area contributed by atoms with E-state index in [-0.39, 0.29) is 49.9 Å². The molecule has 2 heterocycles. The number of nitrogens with one attached hydrogen (secondary N) is 4. The van der Waals surface area contributed by atoms with Crippen molar-refractivity contribution in [1.29, 1.82) is 0 Å². The van der Waals surface area contributed by atoms with Crippen molar-refractivity contribution in [3.8, 4) is 0 Å². The van der Waals surface area contributed by atoms with E-state index in [4.69, 9.17) is 4.74 Å². The van der Waals surface area contributed by atoms with Gasteiger partial charge in [0.2, 0.25) is 59.1 Å². The van der Waals surface area contributed by atoms with Gasteiger partial charge in [0, 0.05) is 62.9 Å². The highest BCUT2D eigenvalue weighted by Gasteiger charge is 2.47. The first-order valence-electron chi connectivity index (χ1n) is 35.3. The maximum Gasteiger partial charge on any atom is 0.256 e. The van der Waals surface area contributed by atoms with Gasteiger partial charge in [-0.25, -0.2) is 0 Å². The summed E-state index contributed by atoms with van der Waals surface area (Å²) in [6, 6.07) is -12.8. The van der Waals surface area contributed by atoms with Crippen molar-refractivity contribution in [2.24, 2.45) is 35.5 Å². The second kappa shape index (κ2) is 40.4. The van der Waals surface area contributed by atoms with Crippen molar-refractivity contribution in [2.75, 3.05) is 81.8 Å². The Bertz CT molecular complexity index is 2650. The number of likely N-dealkylation sites (tertiary alicyclic amines) is 1. The van der Waals surface area contributed by atoms with Crippen LogP contribution in [0.5, 0.6) is 0 Å². The fourth-order valence-corrected chi connectivity index (χ4v) is 13.8. The zero-order valence-electron chi connectivity index (χ0n) is 63.8. The Morgan fingerprint density at radius 2 is 1.01 bits per heavy atom. The van der Waals surface area contributed by atoms with Gasteiger partial charge in [-0.2, -0.15) is 0 Å². The van der Waals surface area contributed by atoms with Crippen LogP contribution in [-0.4, -0.2) is 269 Å². The van der Waals surface area contributed by atoms with Crippen molar-refractivity contribution < 1.29 is 62.6 Å². The quantitative estimate of drug-likeness (QED) is 0.0706. The Labute approximate surface area is 586 Å². The van der Waals surface area contributed by atoms with Crippen LogP contribution in [-0.2, 0) is 57.5 Å². The maximum absolute atomic E-state index is 15.5. The molecule has 5 N–H and O–H groups in total. The van der Waals surface area contributed by atoms with Crippen LogP contribution < -0.4 is 21.3 Å². The summed E-state index contributed by atoms with van der Waals surface area (Å²) in [4.78, 5) is 176. The van der Waals surface area contributed by atoms with Crippen LogP contribution in [0.25, 0.3) is 0 Å². The number of aliphatic hydroxyl groups is 1. The molecule has 0 aromatic rings. The summed E-state index contributed by atoms with van der Waals surface area (Å²) < 4.78 is 5.86. The van der Waals surface area contributed by atoms with E-state index in [0.717, 1.165) is 43.8 Å². The zero-order valence-corrected chi connectivity index (χ0v) is 64.6. The zero-order chi connectivity index (χ0) is 74.4. The Balaban J connectivity index is 3.13. The summed E-state index contributed by atoms with van der Waals surface area (Å²) in [5.41, 5.74) is -1.04. The van der Waals surface area contributed by atoms with Gasteiger partial charge in [0.15, 0.2) is 5.37 Å². The molecular formula is C71H128N12O13S. The van der Waals surface area contributed by atoms with Crippen molar-refractivity contribution in [1.82, 2.24) is 60.5 Å². The number of rotatable bonds is 22. The number of carbonyl (C=O) groups is 11. The second-order valence-corrected chi connectivity index (χ2v) is 31.0. The number of amides is 11. The van der Waals surface area contributed by atoms with Gasteiger partial charge in [0.25, 0.3) is 5.91 Å². The molecule has 2 aliphatic heterocycles. The molecule has 0 unspecified atom stereocenters. The lowest BCUT2D eigenvalue weighted by atomic mass is 9.91. The number of likely N-dealkylation sites (N-methyl/N-ethyl adjacent to an activating group) is 7. The molecular weight excluding hydrogens is 1260 g/mol. The van der Waals surface area contributed by atoms with Crippen molar-refractivity contribution >= 4 is 76.7 Å². The lowest BCUT2D eigenvalue weighted by Gasteiger charge is -2.41. The Kier molecular flexibility index (Phi) is 36.3. The van der Waals surface area contributed by atoms with Crippen LogP contribution in [0.2, 0.25) is 0 Å². The van der Waals surface area contributed by atoms with E-state index >= 15 is 33.6 Å². The van der Waals surface area contributed by atoms with Gasteiger partial charge in [-0.15, -0.1) is 11.8 Å². The van der Waals surface area contributed by atoms with Crippen LogP contribution in [0.4, 0.5) is 0 Å². The number of carbonyl (C=O) groups excluding carboxylic acids is 11. The van der Waals surface area contributed by atoms with Crippen molar-refractivity contribution in [2.45, 2.75) is 259 Å². The largest absolute Gasteiger partial charge is 0.390 e. The highest BCUT2D eigenvalue weighted by Crippen LogP contribution is 2.29. The lowest BCUT2D eigenvalue weighted by Crippen LogP contribution is -2.64. The van der Waals surface area contributed by atoms with E-state index in [9.17, 15) is 24.3 Å². The fourth-order valence-electron chi connectivity index (χ4n) is 12.6. The van der Waals surface area contributed by atoms with E-state index in [1.54, 1.807) is 61.5 Å². The first kappa shape index (κ1) is 87.2. The van der Waals surface area contributed by atoms with Gasteiger partial charge in [-0.3, -0.25) is 52.7 Å². The molecule has 0 spiro atoms. The molecule has 2 fully saturated rings. The van der Waals surface area contributed by atoms with Gasteiger partial charge >= 0.3 is 0 Å². The standard InChI is InChI=1S/C71H128N12O13S/c1-26-28-33-47(13)58(84)57-62(88)74-50(27-2)64(90)82(24)70(97-37-32-31-36-83-34-29-30-35-83)69(95)79(21)54(41-71(16,17)96-25)61(87)75-55(45(9)10)67(93)76(18)51(38-42(3)4)60(86)72-48(14)59(85)73-49(15)63(89)77(19)52(39-43(5)6)65(91)78(20)53(40-44(7)8)66(92)80(22)56(46(11)12)68(94)81(57)23/h26,28,42-58,70,84H,27,29-41H2,1-25H3,(H,72,86)(H,73,85)(H,74,88)(H,75,87)/b28-26+/t47-,48+,49-,50+,51+,52+,53+,54+,55+,56+,57+,58-,70-/m1/s1. The molecule has 97 heavy (non-hydrogen) atoms. The third-order valence-electron chi connectivity index (χ3n) is 19.1. The first-order chi connectivity index (χ1) is 45.0. The molecule has 0 aromatic carbocycles. The number of unbranched alkanes of at least 4 members (excludes halogenated alkanes) is 1. The predicted molar refractivity (Wildman–Crippen MR) is 381 cm³/mol. The molecule has 0 aliphatic carbocycles. The highest BCUT2D eigenvalue weighted by molar-refractivity contribution is 8.00. The molecule has 0 bridgehead atoms. The lowest BCUT2D eigenvalue weighted by molar-refractivity contribution is -0.157. The SMILES string of the molecule is C/C=C/C[C@@H](C)[C@@H](O)[C@H]1C(=O)N[C@@H](CC)C(=O)N(C)[C@H](SCCCCN2CCCC2)C(=O)N(C)[C@@H](CC(C)(C)OC)C(=O)N[C@@H](C(C)C)C(=O)N(C)[C@@H](CC(C)C)C(=O)N[C@@H](C)C(=O)N[C@H](C)C(=O)N(C)[C@@H](CC(C)C)C(=O)N(C)[C@@H](CC(C)C)C(=O)N(C)[C@@H](C(C)C)C(=O)N1C. The molecule has 2 saturated heterocycles. The normalized spacial score (nSPS) is 27.0. The predicted octanol–water partition coefficient (Wildman–Crippen LogP) is 4.97. The minimum Gasteiger partial charge on any atom is -0.390 e. The topological polar surface area (TPSA) is 291 Å². The molecule has 0 aromatic heterocycles. The fraction of sp³-hybridized carbons (Fsp3) is 0.817. The van der Waals surface area contributed by atoms with Gasteiger partial charge in [0.1, 0.15) is 60.4 Å². The van der Waals surface area contributed by atoms with Crippen LogP contribution in [0.15, 0.2) is 12.2 Å². The van der Waals surface area contributed by atoms with Crippen molar-refractivity contribution in [3.63, 3.8) is 0 Å². The molecule has 0 radical (unpaired) electrons. The summed E-state index contributed by atoms with van der Waals surface area (Å²) in [7, 11) is 11.5. The number of hydrogen-bond donors (Lipinski definition) is 5. The van der Waals surface area contributed by atoms with E-state index in [1.165, 1.54) is 111 Å². The molecule has 556 valence electrons. The summed E-state index contributed by atoms with van der Waals surface area (Å²) in [6.45, 7) is 32.6. The Hall–Kier alpha value is -5.86. The maximum atomic E-state index is 15.5. The molecule has 11 amide bonds. The summed E-state index contributed by atoms with van der Waals surface area (Å²) in [5, 5.41) is 22.3. The van der Waals surface area contributed by atoms with Crippen LogP contribution >= 0.6 is 11.8 Å². The monoisotopic (exact) mass is 1390 g/mol. The molecule has 2 aliphatic rings. The third-order valence-corrected chi connectivity index (χ3v) is 20.4. The molecule has 13 atom stereocenters. The summed E-state index contributed by atoms with van der Waals surface area (Å²) in [5.74, 6) is -9.43. The molecule has 0 saturated carbocycles. The summed E-state index contributed by atoms with van der Waals surface area (Å²) in [6.07, 6.45) is 6.45. The minimum atomic E-state index is -1.64. The van der Waals surface area contributed by atoms with Gasteiger partial charge in [-0.05, 0) is 153 Å². The van der Waals surface area contributed by atoms with Crippen LogP contribution in [0.1, 0.15) is 182 Å². The number of ether oxygens (including phenoxy) is 1. The van der Waals surface area contributed by atoms with Gasteiger partial charge in [0.05, 0.1) is 11.7 Å². The number of hydrogen-bond acceptors (Lipinski definition) is 15. The third kappa shape index (κ3) is 25.1. The van der Waals surface area contributed by atoms with E-state index in [2.05, 4.69) is 26.2 Å². The number of thioether (sulfide) groups is 1. The Morgan fingerprint density at radius 3 is 1.51 bits per heavy atom. The second-order valence-electron chi connectivity index (χ2n) is 29.8. The minimum absolute atomic E-state index is 0.00302. The first-order valence-corrected chi connectivity index (χ1v) is 36.4. The number of aliphatic hydroxyl groups excluding tert-OH is 1. The Morgan fingerprint density at radius 1 is 0.536 bits per heavy atom. The summed E-state index contributed by atoms with van der Waals surface area (Å²) >= 11 is 1.21. The van der Waals surface area contributed by atoms with E-state index < -0.39 is 160 Å². The van der Waals surface area contributed by atoms with Crippen molar-refractivity contribution in [3.05, 3.63) is 12.2 Å². The molecule has 25 nitrogen and oxygen atoms in total. The number of allylic oxidation sites excluding steroid dienone is 2. The molecule has 26 heteroatoms. The average molecular weight is 1390 g/mol. The van der Waals surface area contributed by atoms with Gasteiger partial charge < -0.3 is 70.3 Å². The smallest absolute Gasteiger partial charge is 0.256 e.